The largest absolute Gasteiger partial charge is 0.481 e. The van der Waals surface area contributed by atoms with Gasteiger partial charge in [0.05, 0.1) is 12.2 Å². The smallest absolute Gasteiger partial charge is 0.338 e. The third-order valence-electron chi connectivity index (χ3n) is 4.11. The van der Waals surface area contributed by atoms with E-state index >= 15 is 0 Å². The Balaban J connectivity index is 2.10. The molecule has 5 heteroatoms. The van der Waals surface area contributed by atoms with Crippen LogP contribution in [0.5, 0.6) is 5.75 Å². The number of hydrogen-bond acceptors (Lipinski definition) is 4. The Kier molecular flexibility index (Phi) is 6.99. The average Bonchev–Trinajstić information content (AvgIpc) is 2.62. The SMILES string of the molecule is CCOC(=O)c1cccc(NC(=O)[C@H](C)Oc2cc(C)ccc2C(C)C)c1. The lowest BCUT2D eigenvalue weighted by atomic mass is 10.0. The van der Waals surface area contributed by atoms with Crippen LogP contribution in [-0.4, -0.2) is 24.6 Å². The van der Waals surface area contributed by atoms with Crippen LogP contribution < -0.4 is 10.1 Å². The third kappa shape index (κ3) is 5.58. The van der Waals surface area contributed by atoms with E-state index in [-0.39, 0.29) is 11.8 Å². The Labute approximate surface area is 160 Å². The minimum atomic E-state index is -0.685. The van der Waals surface area contributed by atoms with E-state index < -0.39 is 12.1 Å². The van der Waals surface area contributed by atoms with Gasteiger partial charge in [0, 0.05) is 5.69 Å². The van der Waals surface area contributed by atoms with Gasteiger partial charge in [-0.15, -0.1) is 0 Å². The second kappa shape index (κ2) is 9.21. The minimum Gasteiger partial charge on any atom is -0.481 e. The summed E-state index contributed by atoms with van der Waals surface area (Å²) in [5.41, 5.74) is 3.05. The minimum absolute atomic E-state index is 0.285. The van der Waals surface area contributed by atoms with Crippen molar-refractivity contribution in [2.45, 2.75) is 46.6 Å². The summed E-state index contributed by atoms with van der Waals surface area (Å²) in [6.45, 7) is 9.92. The van der Waals surface area contributed by atoms with Crippen LogP contribution in [-0.2, 0) is 9.53 Å². The predicted octanol–water partition coefficient (Wildman–Crippen LogP) is 4.70. The predicted molar refractivity (Wildman–Crippen MR) is 106 cm³/mol. The first-order chi connectivity index (χ1) is 12.8. The lowest BCUT2D eigenvalue weighted by Gasteiger charge is -2.19. The van der Waals surface area contributed by atoms with Gasteiger partial charge < -0.3 is 14.8 Å². The molecule has 0 spiro atoms. The van der Waals surface area contributed by atoms with Crippen molar-refractivity contribution in [3.8, 4) is 5.75 Å². The molecule has 2 aromatic rings. The van der Waals surface area contributed by atoms with Crippen LogP contribution in [0.3, 0.4) is 0 Å². The number of esters is 1. The van der Waals surface area contributed by atoms with E-state index in [4.69, 9.17) is 9.47 Å². The molecule has 0 unspecified atom stereocenters. The summed E-state index contributed by atoms with van der Waals surface area (Å²) < 4.78 is 10.9. The zero-order valence-corrected chi connectivity index (χ0v) is 16.5. The molecule has 0 heterocycles. The van der Waals surface area contributed by atoms with Gasteiger partial charge in [0.15, 0.2) is 6.10 Å². The summed E-state index contributed by atoms with van der Waals surface area (Å²) in [7, 11) is 0. The van der Waals surface area contributed by atoms with Crippen molar-refractivity contribution in [1.29, 1.82) is 0 Å². The highest BCUT2D eigenvalue weighted by molar-refractivity contribution is 5.96. The number of ether oxygens (including phenoxy) is 2. The summed E-state index contributed by atoms with van der Waals surface area (Å²) in [6, 6.07) is 12.7. The molecule has 0 aliphatic carbocycles. The van der Waals surface area contributed by atoms with Gasteiger partial charge in [0.1, 0.15) is 5.75 Å². The number of aryl methyl sites for hydroxylation is 1. The Morgan fingerprint density at radius 2 is 1.81 bits per heavy atom. The van der Waals surface area contributed by atoms with Gasteiger partial charge in [0.25, 0.3) is 5.91 Å². The molecule has 1 N–H and O–H groups in total. The molecule has 144 valence electrons. The molecular weight excluding hydrogens is 342 g/mol. The molecule has 5 nitrogen and oxygen atoms in total. The van der Waals surface area contributed by atoms with E-state index in [9.17, 15) is 9.59 Å². The average molecular weight is 369 g/mol. The Hall–Kier alpha value is -2.82. The van der Waals surface area contributed by atoms with Crippen molar-refractivity contribution in [3.63, 3.8) is 0 Å². The zero-order valence-electron chi connectivity index (χ0n) is 16.5. The van der Waals surface area contributed by atoms with Gasteiger partial charge >= 0.3 is 5.97 Å². The summed E-state index contributed by atoms with van der Waals surface area (Å²) in [5, 5.41) is 2.79. The molecule has 0 bridgehead atoms. The summed E-state index contributed by atoms with van der Waals surface area (Å²) in [4.78, 5) is 24.4. The Morgan fingerprint density at radius 1 is 1.07 bits per heavy atom. The van der Waals surface area contributed by atoms with E-state index in [0.717, 1.165) is 11.1 Å². The van der Waals surface area contributed by atoms with E-state index in [1.54, 1.807) is 38.1 Å². The van der Waals surface area contributed by atoms with Crippen LogP contribution in [0.2, 0.25) is 0 Å². The molecule has 1 amide bonds. The third-order valence-corrected chi connectivity index (χ3v) is 4.11. The number of hydrogen-bond donors (Lipinski definition) is 1. The van der Waals surface area contributed by atoms with E-state index in [0.29, 0.717) is 23.6 Å². The van der Waals surface area contributed by atoms with E-state index in [1.165, 1.54) is 0 Å². The second-order valence-corrected chi connectivity index (χ2v) is 6.75. The normalized spacial score (nSPS) is 11.8. The van der Waals surface area contributed by atoms with Crippen LogP contribution in [0.1, 0.15) is 55.1 Å². The molecule has 2 rings (SSSR count). The highest BCUT2D eigenvalue weighted by Crippen LogP contribution is 2.28. The number of anilines is 1. The highest BCUT2D eigenvalue weighted by Gasteiger charge is 2.18. The van der Waals surface area contributed by atoms with Gasteiger partial charge in [-0.2, -0.15) is 0 Å². The van der Waals surface area contributed by atoms with Gasteiger partial charge in [0.2, 0.25) is 0 Å². The number of benzene rings is 2. The first-order valence-electron chi connectivity index (χ1n) is 9.17. The second-order valence-electron chi connectivity index (χ2n) is 6.75. The molecule has 0 aliphatic heterocycles. The number of carbonyl (C=O) groups excluding carboxylic acids is 2. The number of amides is 1. The summed E-state index contributed by atoms with van der Waals surface area (Å²) in [5.74, 6) is 0.302. The van der Waals surface area contributed by atoms with Crippen LogP contribution in [0.15, 0.2) is 42.5 Å². The van der Waals surface area contributed by atoms with Crippen molar-refractivity contribution in [1.82, 2.24) is 0 Å². The van der Waals surface area contributed by atoms with Crippen LogP contribution in [0.25, 0.3) is 0 Å². The van der Waals surface area contributed by atoms with Gasteiger partial charge in [-0.3, -0.25) is 4.79 Å². The Morgan fingerprint density at radius 3 is 2.48 bits per heavy atom. The molecule has 0 fully saturated rings. The molecule has 0 aromatic heterocycles. The molecule has 1 atom stereocenters. The molecule has 0 saturated heterocycles. The van der Waals surface area contributed by atoms with Crippen molar-refractivity contribution < 1.29 is 19.1 Å². The molecule has 0 aliphatic rings. The zero-order chi connectivity index (χ0) is 20.0. The fourth-order valence-electron chi connectivity index (χ4n) is 2.65. The molecule has 27 heavy (non-hydrogen) atoms. The quantitative estimate of drug-likeness (QED) is 0.719. The van der Waals surface area contributed by atoms with Gasteiger partial charge in [-0.25, -0.2) is 4.79 Å². The first kappa shape index (κ1) is 20.5. The fourth-order valence-corrected chi connectivity index (χ4v) is 2.65. The van der Waals surface area contributed by atoms with E-state index in [1.807, 2.05) is 25.1 Å². The topological polar surface area (TPSA) is 64.6 Å². The molecule has 0 radical (unpaired) electrons. The lowest BCUT2D eigenvalue weighted by Crippen LogP contribution is -2.30. The van der Waals surface area contributed by atoms with E-state index in [2.05, 4.69) is 19.2 Å². The van der Waals surface area contributed by atoms with Crippen LogP contribution in [0, 0.1) is 6.92 Å². The first-order valence-corrected chi connectivity index (χ1v) is 9.17. The van der Waals surface area contributed by atoms with Crippen LogP contribution >= 0.6 is 0 Å². The maximum Gasteiger partial charge on any atom is 0.338 e. The molecular formula is C22H27NO4. The van der Waals surface area contributed by atoms with Crippen molar-refractivity contribution >= 4 is 17.6 Å². The highest BCUT2D eigenvalue weighted by atomic mass is 16.5. The Bertz CT molecular complexity index is 814. The van der Waals surface area contributed by atoms with Crippen LogP contribution in [0.4, 0.5) is 5.69 Å². The number of rotatable bonds is 7. The monoisotopic (exact) mass is 369 g/mol. The maximum absolute atomic E-state index is 12.5. The maximum atomic E-state index is 12.5. The number of nitrogens with one attached hydrogen (secondary N) is 1. The molecule has 2 aromatic carbocycles. The number of carbonyl (C=O) groups is 2. The van der Waals surface area contributed by atoms with Crippen molar-refractivity contribution in [2.24, 2.45) is 0 Å². The van der Waals surface area contributed by atoms with Gasteiger partial charge in [-0.1, -0.05) is 32.0 Å². The summed E-state index contributed by atoms with van der Waals surface area (Å²) in [6.07, 6.45) is -0.685. The standard InChI is InChI=1S/C22H27NO4/c1-6-26-22(25)17-8-7-9-18(13-17)23-21(24)16(5)27-20-12-15(4)10-11-19(20)14(2)3/h7-14,16H,6H2,1-5H3,(H,23,24)/t16-/m0/s1. The van der Waals surface area contributed by atoms with Gasteiger partial charge in [-0.05, 0) is 62.1 Å². The molecule has 0 saturated carbocycles. The van der Waals surface area contributed by atoms with Crippen molar-refractivity contribution in [3.05, 3.63) is 59.2 Å². The van der Waals surface area contributed by atoms with Crippen molar-refractivity contribution in [2.75, 3.05) is 11.9 Å². The summed E-state index contributed by atoms with van der Waals surface area (Å²) >= 11 is 0. The lowest BCUT2D eigenvalue weighted by molar-refractivity contribution is -0.122. The fraction of sp³-hybridized carbons (Fsp3) is 0.364.